The van der Waals surface area contributed by atoms with Crippen molar-refractivity contribution in [2.24, 2.45) is 0 Å². The monoisotopic (exact) mass is 367 g/mol. The number of alkyl halides is 2. The van der Waals surface area contributed by atoms with Gasteiger partial charge in [0.05, 0.1) is 6.61 Å². The molecule has 1 aromatic rings. The number of halogens is 2. The van der Waals surface area contributed by atoms with Gasteiger partial charge < -0.3 is 19.7 Å². The summed E-state index contributed by atoms with van der Waals surface area (Å²) in [5.74, 6) is -3.82. The van der Waals surface area contributed by atoms with Crippen LogP contribution in [0.2, 0.25) is 0 Å². The lowest BCUT2D eigenvalue weighted by Gasteiger charge is -2.27. The highest BCUT2D eigenvalue weighted by molar-refractivity contribution is 6.62. The molecular formula is C17H20BF2NO5. The number of benzene rings is 1. The molecule has 1 aliphatic carbocycles. The van der Waals surface area contributed by atoms with E-state index in [2.05, 4.69) is 5.32 Å². The minimum atomic E-state index is -2.68. The Bertz CT molecular complexity index is 717. The summed E-state index contributed by atoms with van der Waals surface area (Å²) in [5, 5.41) is 12.3. The van der Waals surface area contributed by atoms with Gasteiger partial charge in [0.15, 0.2) is 0 Å². The number of hydrogen-bond donors (Lipinski definition) is 2. The minimum absolute atomic E-state index is 0.120. The summed E-state index contributed by atoms with van der Waals surface area (Å²) in [4.78, 5) is 24.2. The Morgan fingerprint density at radius 3 is 2.77 bits per heavy atom. The third-order valence-electron chi connectivity index (χ3n) is 4.85. The Morgan fingerprint density at radius 2 is 2.08 bits per heavy atom. The molecule has 2 aliphatic rings. The first-order valence-corrected chi connectivity index (χ1v) is 8.54. The lowest BCUT2D eigenvalue weighted by Crippen LogP contribution is -2.37. The maximum atomic E-state index is 13.1. The van der Waals surface area contributed by atoms with Crippen molar-refractivity contribution in [2.75, 3.05) is 6.54 Å². The van der Waals surface area contributed by atoms with Crippen LogP contribution in [0.1, 0.15) is 47.2 Å². The first-order chi connectivity index (χ1) is 12.3. The van der Waals surface area contributed by atoms with Crippen molar-refractivity contribution in [1.29, 1.82) is 0 Å². The Hall–Kier alpha value is -2.00. The summed E-state index contributed by atoms with van der Waals surface area (Å²) in [5.41, 5.74) is 2.31. The summed E-state index contributed by atoms with van der Waals surface area (Å²) in [6.45, 7) is 1.64. The van der Waals surface area contributed by atoms with Gasteiger partial charge >= 0.3 is 13.1 Å². The fraction of sp³-hybridized carbons (Fsp3) is 0.529. The van der Waals surface area contributed by atoms with E-state index < -0.39 is 31.0 Å². The maximum absolute atomic E-state index is 13.1. The fourth-order valence-electron chi connectivity index (χ4n) is 3.36. The molecule has 6 nitrogen and oxygen atoms in total. The number of carbonyl (C=O) groups is 2. The number of ether oxygens (including phenoxy) is 1. The van der Waals surface area contributed by atoms with Crippen LogP contribution in [0.4, 0.5) is 8.78 Å². The normalized spacial score (nSPS) is 19.2. The highest BCUT2D eigenvalue weighted by Crippen LogP contribution is 2.34. The Kier molecular flexibility index (Phi) is 5.29. The first-order valence-electron chi connectivity index (χ1n) is 8.54. The van der Waals surface area contributed by atoms with E-state index in [-0.39, 0.29) is 38.8 Å². The molecule has 1 heterocycles. The summed E-state index contributed by atoms with van der Waals surface area (Å²) < 4.78 is 36.5. The number of rotatable bonds is 4. The average Bonchev–Trinajstić information content (AvgIpc) is 2.97. The van der Waals surface area contributed by atoms with Crippen molar-refractivity contribution in [3.05, 3.63) is 28.8 Å². The average molecular weight is 367 g/mol. The highest BCUT2D eigenvalue weighted by atomic mass is 19.3. The molecule has 0 spiro atoms. The molecule has 9 heteroatoms. The fourth-order valence-corrected chi connectivity index (χ4v) is 3.36. The smallest absolute Gasteiger partial charge is 0.461 e. The molecule has 1 amide bonds. The van der Waals surface area contributed by atoms with E-state index in [9.17, 15) is 23.4 Å². The molecule has 1 saturated carbocycles. The second kappa shape index (κ2) is 7.32. The molecule has 0 radical (unpaired) electrons. The predicted molar refractivity (Wildman–Crippen MR) is 89.2 cm³/mol. The summed E-state index contributed by atoms with van der Waals surface area (Å²) in [6.07, 6.45) is -0.886. The van der Waals surface area contributed by atoms with Crippen molar-refractivity contribution in [3.8, 4) is 0 Å². The van der Waals surface area contributed by atoms with Gasteiger partial charge in [0.2, 0.25) is 5.92 Å². The van der Waals surface area contributed by atoms with Crippen LogP contribution in [0.15, 0.2) is 12.1 Å². The largest absolute Gasteiger partial charge is 0.492 e. The zero-order valence-corrected chi connectivity index (χ0v) is 14.4. The second-order valence-electron chi connectivity index (χ2n) is 6.70. The van der Waals surface area contributed by atoms with Gasteiger partial charge in [-0.25, -0.2) is 8.78 Å². The standard InChI is InChI=1S/C17H20BF2NO5/c1-10-13(3-2-11-9-25-18(24)15(10)11)16(23)21-8-14(22)26-12-4-6-17(19,20)7-5-12/h2-3,12,24H,4-9H2,1H3,(H,21,23). The van der Waals surface area contributed by atoms with E-state index in [0.29, 0.717) is 16.6 Å². The zero-order valence-electron chi connectivity index (χ0n) is 14.4. The van der Waals surface area contributed by atoms with Gasteiger partial charge in [-0.1, -0.05) is 6.07 Å². The van der Waals surface area contributed by atoms with E-state index in [1.165, 1.54) is 0 Å². The van der Waals surface area contributed by atoms with E-state index in [0.717, 1.165) is 5.56 Å². The molecule has 0 atom stereocenters. The second-order valence-corrected chi connectivity index (χ2v) is 6.70. The quantitative estimate of drug-likeness (QED) is 0.614. The van der Waals surface area contributed by atoms with Crippen LogP contribution in [-0.4, -0.2) is 42.6 Å². The van der Waals surface area contributed by atoms with Crippen LogP contribution in [0.25, 0.3) is 0 Å². The van der Waals surface area contributed by atoms with Gasteiger partial charge in [-0.05, 0) is 42.4 Å². The van der Waals surface area contributed by atoms with E-state index in [4.69, 9.17) is 9.39 Å². The molecular weight excluding hydrogens is 347 g/mol. The Morgan fingerprint density at radius 1 is 1.38 bits per heavy atom. The first kappa shape index (κ1) is 18.8. The Balaban J connectivity index is 1.53. The van der Waals surface area contributed by atoms with Gasteiger partial charge in [-0.3, -0.25) is 9.59 Å². The van der Waals surface area contributed by atoms with Gasteiger partial charge in [0, 0.05) is 18.4 Å². The van der Waals surface area contributed by atoms with E-state index >= 15 is 0 Å². The molecule has 3 rings (SSSR count). The van der Waals surface area contributed by atoms with Crippen LogP contribution in [0.3, 0.4) is 0 Å². The van der Waals surface area contributed by atoms with Gasteiger partial charge in [-0.2, -0.15) is 0 Å². The maximum Gasteiger partial charge on any atom is 0.492 e. The number of hydrogen-bond acceptors (Lipinski definition) is 5. The molecule has 1 aliphatic heterocycles. The molecule has 140 valence electrons. The molecule has 2 N–H and O–H groups in total. The SMILES string of the molecule is Cc1c(C(=O)NCC(=O)OC2CCC(F)(F)CC2)ccc2c1B(O)OC2. The van der Waals surface area contributed by atoms with Crippen LogP contribution in [0.5, 0.6) is 0 Å². The van der Waals surface area contributed by atoms with Crippen molar-refractivity contribution in [1.82, 2.24) is 5.32 Å². The third-order valence-corrected chi connectivity index (χ3v) is 4.85. The van der Waals surface area contributed by atoms with Crippen molar-refractivity contribution in [2.45, 2.75) is 51.2 Å². The predicted octanol–water partition coefficient (Wildman–Crippen LogP) is 1.06. The van der Waals surface area contributed by atoms with Crippen molar-refractivity contribution in [3.63, 3.8) is 0 Å². The van der Waals surface area contributed by atoms with E-state index in [1.807, 2.05) is 0 Å². The topological polar surface area (TPSA) is 84.9 Å². The van der Waals surface area contributed by atoms with Crippen molar-refractivity contribution >= 4 is 24.5 Å². The summed E-state index contributed by atoms with van der Waals surface area (Å²) in [7, 11) is -1.06. The summed E-state index contributed by atoms with van der Waals surface area (Å²) in [6, 6.07) is 3.31. The highest BCUT2D eigenvalue weighted by Gasteiger charge is 2.36. The molecule has 0 aromatic heterocycles. The summed E-state index contributed by atoms with van der Waals surface area (Å²) >= 11 is 0. The molecule has 26 heavy (non-hydrogen) atoms. The number of amides is 1. The van der Waals surface area contributed by atoms with Gasteiger partial charge in [0.25, 0.3) is 5.91 Å². The van der Waals surface area contributed by atoms with Crippen molar-refractivity contribution < 1.29 is 32.8 Å². The third kappa shape index (κ3) is 4.04. The molecule has 1 fully saturated rings. The number of esters is 1. The van der Waals surface area contributed by atoms with Crippen LogP contribution < -0.4 is 10.8 Å². The van der Waals surface area contributed by atoms with Crippen LogP contribution in [0, 0.1) is 6.92 Å². The van der Waals surface area contributed by atoms with E-state index in [1.54, 1.807) is 19.1 Å². The molecule has 0 saturated heterocycles. The molecule has 0 unspecified atom stereocenters. The number of fused-ring (bicyclic) bond motifs is 1. The molecule has 1 aromatic carbocycles. The number of carbonyl (C=O) groups excluding carboxylic acids is 2. The lowest BCUT2D eigenvalue weighted by atomic mass is 9.75. The van der Waals surface area contributed by atoms with Crippen LogP contribution in [-0.2, 0) is 20.8 Å². The molecule has 0 bridgehead atoms. The minimum Gasteiger partial charge on any atom is -0.461 e. The van der Waals surface area contributed by atoms with Gasteiger partial charge in [0.1, 0.15) is 12.6 Å². The Labute approximate surface area is 150 Å². The lowest BCUT2D eigenvalue weighted by molar-refractivity contribution is -0.154. The zero-order chi connectivity index (χ0) is 18.9. The van der Waals surface area contributed by atoms with Crippen LogP contribution >= 0.6 is 0 Å². The number of nitrogens with one attached hydrogen (secondary N) is 1. The van der Waals surface area contributed by atoms with Gasteiger partial charge in [-0.15, -0.1) is 0 Å².